The molecule has 36 heavy (non-hydrogen) atoms. The third-order valence-electron chi connectivity index (χ3n) is 6.72. The molecule has 0 radical (unpaired) electrons. The van der Waals surface area contributed by atoms with Crippen LogP contribution in [0.3, 0.4) is 0 Å². The molecule has 2 N–H and O–H groups in total. The van der Waals surface area contributed by atoms with Gasteiger partial charge in [0.2, 0.25) is 0 Å². The number of fused-ring (bicyclic) bond motifs is 1. The normalized spacial score (nSPS) is 17.2. The minimum absolute atomic E-state index is 0.0585. The third-order valence-corrected chi connectivity index (χ3v) is 6.97. The summed E-state index contributed by atoms with van der Waals surface area (Å²) in [5.41, 5.74) is 4.33. The average molecular weight is 501 g/mol. The molecule has 3 aromatic carbocycles. The molecular formula is C29H25ClN2O4. The maximum absolute atomic E-state index is 13.3. The van der Waals surface area contributed by atoms with E-state index in [1.807, 2.05) is 31.2 Å². The molecule has 0 saturated carbocycles. The Morgan fingerprint density at radius 3 is 2.42 bits per heavy atom. The van der Waals surface area contributed by atoms with E-state index in [9.17, 15) is 14.7 Å². The van der Waals surface area contributed by atoms with E-state index < -0.39 is 17.7 Å². The number of aryl methyl sites for hydroxylation is 1. The van der Waals surface area contributed by atoms with Crippen molar-refractivity contribution in [2.24, 2.45) is 0 Å². The van der Waals surface area contributed by atoms with Crippen LogP contribution in [0.15, 0.2) is 78.4 Å². The molecule has 1 amide bonds. The highest BCUT2D eigenvalue weighted by atomic mass is 35.5. The second-order valence-corrected chi connectivity index (χ2v) is 9.23. The van der Waals surface area contributed by atoms with Crippen LogP contribution in [0.1, 0.15) is 28.4 Å². The number of ether oxygens (including phenoxy) is 1. The van der Waals surface area contributed by atoms with Crippen molar-refractivity contribution in [3.63, 3.8) is 0 Å². The van der Waals surface area contributed by atoms with Crippen LogP contribution in [-0.4, -0.2) is 40.3 Å². The Balaban J connectivity index is 1.57. The van der Waals surface area contributed by atoms with Gasteiger partial charge < -0.3 is 19.7 Å². The third kappa shape index (κ3) is 4.14. The minimum Gasteiger partial charge on any atom is -0.507 e. The maximum Gasteiger partial charge on any atom is 0.295 e. The Kier molecular flexibility index (Phi) is 6.29. The Hall–Kier alpha value is -4.03. The zero-order valence-corrected chi connectivity index (χ0v) is 20.7. The number of nitrogens with zero attached hydrogens (tertiary/aromatic N) is 1. The largest absolute Gasteiger partial charge is 0.507 e. The molecule has 0 bridgehead atoms. The fourth-order valence-corrected chi connectivity index (χ4v) is 5.02. The lowest BCUT2D eigenvalue weighted by Gasteiger charge is -2.25. The van der Waals surface area contributed by atoms with Crippen molar-refractivity contribution in [1.29, 1.82) is 0 Å². The van der Waals surface area contributed by atoms with Crippen molar-refractivity contribution in [2.75, 3.05) is 13.7 Å². The zero-order chi connectivity index (χ0) is 25.4. The van der Waals surface area contributed by atoms with E-state index in [4.69, 9.17) is 16.3 Å². The van der Waals surface area contributed by atoms with Gasteiger partial charge in [-0.15, -0.1) is 0 Å². The maximum atomic E-state index is 13.3. The quantitative estimate of drug-likeness (QED) is 0.199. The van der Waals surface area contributed by atoms with E-state index >= 15 is 0 Å². The number of carbonyl (C=O) groups excluding carboxylic acids is 2. The number of nitrogens with one attached hydrogen (secondary N) is 1. The van der Waals surface area contributed by atoms with Gasteiger partial charge in [0.05, 0.1) is 18.7 Å². The molecule has 7 heteroatoms. The van der Waals surface area contributed by atoms with Gasteiger partial charge in [-0.25, -0.2) is 0 Å². The summed E-state index contributed by atoms with van der Waals surface area (Å²) in [6, 6.07) is 21.0. The molecule has 6 nitrogen and oxygen atoms in total. The van der Waals surface area contributed by atoms with Gasteiger partial charge in [-0.05, 0) is 66.9 Å². The minimum atomic E-state index is -0.741. The monoisotopic (exact) mass is 500 g/mol. The van der Waals surface area contributed by atoms with Crippen LogP contribution in [-0.2, 0) is 16.0 Å². The van der Waals surface area contributed by atoms with Gasteiger partial charge in [-0.2, -0.15) is 0 Å². The Bertz CT molecular complexity index is 1490. The summed E-state index contributed by atoms with van der Waals surface area (Å²) < 4.78 is 5.20. The lowest BCUT2D eigenvalue weighted by molar-refractivity contribution is -0.139. The Morgan fingerprint density at radius 1 is 1.03 bits per heavy atom. The van der Waals surface area contributed by atoms with Crippen LogP contribution in [0.4, 0.5) is 0 Å². The van der Waals surface area contributed by atoms with E-state index in [0.717, 1.165) is 22.2 Å². The first kappa shape index (κ1) is 23.7. The number of halogens is 1. The van der Waals surface area contributed by atoms with E-state index in [0.29, 0.717) is 34.9 Å². The number of carbonyl (C=O) groups is 2. The van der Waals surface area contributed by atoms with E-state index in [2.05, 4.69) is 4.98 Å². The molecule has 1 unspecified atom stereocenters. The van der Waals surface area contributed by atoms with E-state index in [1.165, 1.54) is 0 Å². The van der Waals surface area contributed by atoms with Crippen LogP contribution >= 0.6 is 11.6 Å². The summed E-state index contributed by atoms with van der Waals surface area (Å²) in [7, 11) is 1.55. The van der Waals surface area contributed by atoms with Gasteiger partial charge in [0.25, 0.3) is 11.7 Å². The van der Waals surface area contributed by atoms with Gasteiger partial charge in [-0.3, -0.25) is 9.59 Å². The molecule has 0 spiro atoms. The van der Waals surface area contributed by atoms with Gasteiger partial charge in [-0.1, -0.05) is 41.9 Å². The predicted molar refractivity (Wildman–Crippen MR) is 140 cm³/mol. The fraction of sp³-hybridized carbons (Fsp3) is 0.172. The first-order valence-electron chi connectivity index (χ1n) is 11.6. The van der Waals surface area contributed by atoms with Gasteiger partial charge >= 0.3 is 0 Å². The number of aliphatic hydroxyl groups is 1. The van der Waals surface area contributed by atoms with Gasteiger partial charge in [0, 0.05) is 33.7 Å². The number of ketones is 1. The molecule has 1 saturated heterocycles. The summed E-state index contributed by atoms with van der Waals surface area (Å²) >= 11 is 6.11. The Morgan fingerprint density at radius 2 is 1.72 bits per heavy atom. The van der Waals surface area contributed by atoms with E-state index in [-0.39, 0.29) is 11.3 Å². The number of methoxy groups -OCH3 is 1. The average Bonchev–Trinajstić information content (AvgIpc) is 3.35. The highest BCUT2D eigenvalue weighted by Crippen LogP contribution is 2.40. The topological polar surface area (TPSA) is 82.6 Å². The number of amides is 1. The van der Waals surface area contributed by atoms with Crippen LogP contribution < -0.4 is 4.74 Å². The van der Waals surface area contributed by atoms with Crippen molar-refractivity contribution in [3.8, 4) is 5.75 Å². The van der Waals surface area contributed by atoms with Crippen LogP contribution in [0.25, 0.3) is 16.7 Å². The molecule has 1 fully saturated rings. The zero-order valence-electron chi connectivity index (χ0n) is 19.9. The summed E-state index contributed by atoms with van der Waals surface area (Å²) in [6.07, 6.45) is 0.551. The molecule has 1 aliphatic heterocycles. The van der Waals surface area contributed by atoms with Crippen LogP contribution in [0.2, 0.25) is 5.02 Å². The van der Waals surface area contributed by atoms with Gasteiger partial charge in [0.15, 0.2) is 0 Å². The van der Waals surface area contributed by atoms with Crippen molar-refractivity contribution in [3.05, 3.63) is 106 Å². The van der Waals surface area contributed by atoms with Crippen LogP contribution in [0, 0.1) is 6.92 Å². The molecule has 182 valence electrons. The second kappa shape index (κ2) is 9.55. The number of likely N-dealkylation sites (tertiary alicyclic amines) is 1. The van der Waals surface area contributed by atoms with E-state index in [1.54, 1.807) is 60.5 Å². The summed E-state index contributed by atoms with van der Waals surface area (Å²) in [6.45, 7) is 2.31. The lowest BCUT2D eigenvalue weighted by atomic mass is 9.95. The Labute approximate surface area is 213 Å². The predicted octanol–water partition coefficient (Wildman–Crippen LogP) is 5.80. The molecule has 1 aromatic heterocycles. The number of hydrogen-bond donors (Lipinski definition) is 2. The smallest absolute Gasteiger partial charge is 0.295 e. The molecule has 1 aliphatic rings. The van der Waals surface area contributed by atoms with Crippen molar-refractivity contribution in [1.82, 2.24) is 9.88 Å². The van der Waals surface area contributed by atoms with Crippen molar-refractivity contribution < 1.29 is 19.4 Å². The first-order chi connectivity index (χ1) is 17.4. The molecule has 5 rings (SSSR count). The summed E-state index contributed by atoms with van der Waals surface area (Å²) in [5, 5.41) is 12.9. The van der Waals surface area contributed by atoms with Crippen LogP contribution in [0.5, 0.6) is 5.75 Å². The van der Waals surface area contributed by atoms with Crippen molar-refractivity contribution in [2.45, 2.75) is 19.4 Å². The molecule has 4 aromatic rings. The number of para-hydroxylation sites is 1. The number of aromatic amines is 1. The number of aliphatic hydroxyl groups excluding tert-OH is 1. The molecular weight excluding hydrogens is 476 g/mol. The number of rotatable bonds is 6. The second-order valence-electron chi connectivity index (χ2n) is 8.80. The standard InChI is InChI=1S/C29H25ClN2O4/c1-17-22(23-5-3-4-6-24(23)31-17)15-16-32-26(18-7-11-20(30)12-8-18)25(28(34)29(32)35)27(33)19-9-13-21(36-2)14-10-19/h3-14,26,31,33H,15-16H2,1-2H3/b27-25+. The molecule has 0 aliphatic carbocycles. The number of H-pyrrole nitrogens is 1. The molecule has 2 heterocycles. The fourth-order valence-electron chi connectivity index (χ4n) is 4.90. The number of aromatic nitrogens is 1. The first-order valence-corrected chi connectivity index (χ1v) is 12.0. The number of hydrogen-bond acceptors (Lipinski definition) is 4. The number of benzene rings is 3. The van der Waals surface area contributed by atoms with Gasteiger partial charge in [0.1, 0.15) is 11.5 Å². The summed E-state index contributed by atoms with van der Waals surface area (Å²) in [5.74, 6) is -0.946. The molecule has 1 atom stereocenters. The SMILES string of the molecule is COc1ccc(/C(O)=C2\C(=O)C(=O)N(CCc3c(C)[nH]c4ccccc34)C2c2ccc(Cl)cc2)cc1. The highest BCUT2D eigenvalue weighted by Gasteiger charge is 2.45. The lowest BCUT2D eigenvalue weighted by Crippen LogP contribution is -2.31. The highest BCUT2D eigenvalue weighted by molar-refractivity contribution is 6.46. The number of Topliss-reactive ketones (excluding diaryl/α,β-unsaturated/α-hetero) is 1. The van der Waals surface area contributed by atoms with Crippen molar-refractivity contribution >= 4 is 40.0 Å². The summed E-state index contributed by atoms with van der Waals surface area (Å²) in [4.78, 5) is 31.5.